The van der Waals surface area contributed by atoms with Crippen molar-refractivity contribution in [3.05, 3.63) is 65.4 Å². The molecule has 0 spiro atoms. The highest BCUT2D eigenvalue weighted by Crippen LogP contribution is 2.25. The van der Waals surface area contributed by atoms with E-state index < -0.39 is 0 Å². The van der Waals surface area contributed by atoms with Crippen LogP contribution in [0.1, 0.15) is 25.8 Å². The second-order valence-electron chi connectivity index (χ2n) is 5.73. The van der Waals surface area contributed by atoms with Gasteiger partial charge in [0.1, 0.15) is 0 Å². The largest absolute Gasteiger partial charge is 0.331 e. The third-order valence-electron chi connectivity index (χ3n) is 3.72. The fourth-order valence-corrected chi connectivity index (χ4v) is 2.39. The van der Waals surface area contributed by atoms with Gasteiger partial charge in [-0.2, -0.15) is 0 Å². The quantitative estimate of drug-likeness (QED) is 0.442. The van der Waals surface area contributed by atoms with Gasteiger partial charge in [-0.25, -0.2) is 0 Å². The molecule has 1 aliphatic rings. The molecule has 0 heterocycles. The first-order valence-corrected chi connectivity index (χ1v) is 7.80. The highest BCUT2D eigenvalue weighted by Gasteiger charge is 2.13. The summed E-state index contributed by atoms with van der Waals surface area (Å²) in [5.41, 5.74) is 11.8. The molecule has 1 aromatic rings. The molecule has 1 aromatic carbocycles. The van der Waals surface area contributed by atoms with E-state index in [1.807, 2.05) is 24.3 Å². The topological polar surface area (TPSA) is 36.1 Å². The first-order chi connectivity index (χ1) is 10.5. The predicted octanol–water partition coefficient (Wildman–Crippen LogP) is 4.21. The lowest BCUT2D eigenvalue weighted by atomic mass is 9.90. The van der Waals surface area contributed by atoms with Crippen LogP contribution in [0.15, 0.2) is 59.8 Å². The van der Waals surface area contributed by atoms with Crippen LogP contribution in [-0.2, 0) is 0 Å². The van der Waals surface area contributed by atoms with Gasteiger partial charge in [0.25, 0.3) is 0 Å². The first kappa shape index (κ1) is 16.3. The van der Waals surface area contributed by atoms with E-state index in [0.717, 1.165) is 17.8 Å². The standard InChI is InChI=1S/C18H23N3S/c1-12(2)15-8-7-14(4)17(11-15)20-21-18(22)19-16-9-5-13(3)6-10-16/h5-7,9-11,15,20H,1,8H2,2-4H3,(H2,19,21,22). The summed E-state index contributed by atoms with van der Waals surface area (Å²) < 4.78 is 0. The van der Waals surface area contributed by atoms with Crippen LogP contribution in [-0.4, -0.2) is 5.11 Å². The molecule has 22 heavy (non-hydrogen) atoms. The average Bonchev–Trinajstić information content (AvgIpc) is 2.48. The van der Waals surface area contributed by atoms with Crippen LogP contribution in [0.2, 0.25) is 0 Å². The van der Waals surface area contributed by atoms with E-state index in [9.17, 15) is 0 Å². The number of aryl methyl sites for hydroxylation is 1. The van der Waals surface area contributed by atoms with E-state index in [0.29, 0.717) is 11.0 Å². The normalized spacial score (nSPS) is 17.1. The molecule has 1 atom stereocenters. The van der Waals surface area contributed by atoms with Crippen LogP contribution in [0.5, 0.6) is 0 Å². The number of anilines is 1. The van der Waals surface area contributed by atoms with Crippen molar-refractivity contribution in [2.24, 2.45) is 5.92 Å². The number of nitrogens with one attached hydrogen (secondary N) is 3. The second kappa shape index (κ2) is 7.27. The molecule has 0 saturated carbocycles. The highest BCUT2D eigenvalue weighted by atomic mass is 32.1. The Bertz CT molecular complexity index is 626. The smallest absolute Gasteiger partial charge is 0.189 e. The van der Waals surface area contributed by atoms with Crippen LogP contribution in [0.3, 0.4) is 0 Å². The zero-order valence-corrected chi connectivity index (χ0v) is 14.2. The van der Waals surface area contributed by atoms with Gasteiger partial charge in [-0.3, -0.25) is 10.9 Å². The lowest BCUT2D eigenvalue weighted by Crippen LogP contribution is -2.40. The molecule has 1 aliphatic carbocycles. The van der Waals surface area contributed by atoms with Crippen molar-refractivity contribution in [1.29, 1.82) is 0 Å². The second-order valence-corrected chi connectivity index (χ2v) is 6.13. The number of hydrogen-bond acceptors (Lipinski definition) is 2. The van der Waals surface area contributed by atoms with E-state index in [1.54, 1.807) is 0 Å². The van der Waals surface area contributed by atoms with E-state index in [-0.39, 0.29) is 0 Å². The van der Waals surface area contributed by atoms with Gasteiger partial charge in [0.15, 0.2) is 5.11 Å². The molecule has 3 nitrogen and oxygen atoms in total. The van der Waals surface area contributed by atoms with Crippen molar-refractivity contribution < 1.29 is 0 Å². The van der Waals surface area contributed by atoms with Crippen LogP contribution in [0, 0.1) is 12.8 Å². The maximum absolute atomic E-state index is 5.31. The summed E-state index contributed by atoms with van der Waals surface area (Å²) in [7, 11) is 0. The van der Waals surface area contributed by atoms with Gasteiger partial charge in [0, 0.05) is 11.6 Å². The molecule has 2 rings (SSSR count). The van der Waals surface area contributed by atoms with Crippen molar-refractivity contribution >= 4 is 23.0 Å². The Kier molecular flexibility index (Phi) is 5.39. The van der Waals surface area contributed by atoms with Gasteiger partial charge in [0.05, 0.1) is 5.70 Å². The zero-order chi connectivity index (χ0) is 16.1. The molecule has 0 fully saturated rings. The lowest BCUT2D eigenvalue weighted by molar-refractivity contribution is 0.701. The molecule has 0 bridgehead atoms. The number of rotatable bonds is 4. The van der Waals surface area contributed by atoms with Gasteiger partial charge < -0.3 is 5.32 Å². The maximum atomic E-state index is 5.31. The maximum Gasteiger partial charge on any atom is 0.189 e. The third kappa shape index (κ3) is 4.46. The third-order valence-corrected chi connectivity index (χ3v) is 3.93. The number of hydrogen-bond donors (Lipinski definition) is 3. The SMILES string of the molecule is C=C(C)C1C=C(NNC(=S)Nc2ccc(C)cc2)C(C)=CC1. The zero-order valence-electron chi connectivity index (χ0n) is 13.4. The molecule has 3 N–H and O–H groups in total. The van der Waals surface area contributed by atoms with E-state index in [2.05, 4.69) is 55.7 Å². The monoisotopic (exact) mass is 313 g/mol. The van der Waals surface area contributed by atoms with Crippen molar-refractivity contribution in [3.8, 4) is 0 Å². The fourth-order valence-electron chi connectivity index (χ4n) is 2.22. The van der Waals surface area contributed by atoms with Gasteiger partial charge in [-0.05, 0) is 57.1 Å². The minimum Gasteiger partial charge on any atom is -0.331 e. The Balaban J connectivity index is 1.91. The summed E-state index contributed by atoms with van der Waals surface area (Å²) in [6.07, 6.45) is 5.43. The van der Waals surface area contributed by atoms with Gasteiger partial charge in [-0.15, -0.1) is 0 Å². The number of benzene rings is 1. The summed E-state index contributed by atoms with van der Waals surface area (Å²) in [6, 6.07) is 8.11. The lowest BCUT2D eigenvalue weighted by Gasteiger charge is -2.22. The van der Waals surface area contributed by atoms with Crippen molar-refractivity contribution in [3.63, 3.8) is 0 Å². The van der Waals surface area contributed by atoms with Crippen molar-refractivity contribution in [2.45, 2.75) is 27.2 Å². The minimum atomic E-state index is 0.381. The molecule has 0 amide bonds. The molecular weight excluding hydrogens is 290 g/mol. The highest BCUT2D eigenvalue weighted by molar-refractivity contribution is 7.80. The van der Waals surface area contributed by atoms with Gasteiger partial charge in [0.2, 0.25) is 0 Å². The fraction of sp³-hybridized carbons (Fsp3) is 0.278. The van der Waals surface area contributed by atoms with Gasteiger partial charge in [-0.1, -0.05) is 42.0 Å². The van der Waals surface area contributed by atoms with Crippen molar-refractivity contribution in [1.82, 2.24) is 10.9 Å². The predicted molar refractivity (Wildman–Crippen MR) is 98.4 cm³/mol. The molecule has 116 valence electrons. The Hall–Kier alpha value is -2.07. The Morgan fingerprint density at radius 3 is 2.55 bits per heavy atom. The molecule has 0 radical (unpaired) electrons. The molecule has 0 aliphatic heterocycles. The van der Waals surface area contributed by atoms with Crippen LogP contribution in [0.4, 0.5) is 5.69 Å². The molecule has 1 unspecified atom stereocenters. The summed E-state index contributed by atoms with van der Waals surface area (Å²) in [6.45, 7) is 10.2. The summed E-state index contributed by atoms with van der Waals surface area (Å²) in [5.74, 6) is 0.381. The number of thiocarbonyl (C=S) groups is 1. The molecule has 4 heteroatoms. The average molecular weight is 313 g/mol. The van der Waals surface area contributed by atoms with Crippen LogP contribution < -0.4 is 16.2 Å². The molecule has 0 aromatic heterocycles. The summed E-state index contributed by atoms with van der Waals surface area (Å²) >= 11 is 5.31. The Morgan fingerprint density at radius 2 is 1.91 bits per heavy atom. The Labute approximate surface area is 138 Å². The Morgan fingerprint density at radius 1 is 1.23 bits per heavy atom. The van der Waals surface area contributed by atoms with Crippen LogP contribution >= 0.6 is 12.2 Å². The minimum absolute atomic E-state index is 0.381. The van der Waals surface area contributed by atoms with E-state index in [4.69, 9.17) is 12.2 Å². The number of hydrazine groups is 1. The van der Waals surface area contributed by atoms with Crippen molar-refractivity contribution in [2.75, 3.05) is 5.32 Å². The van der Waals surface area contributed by atoms with Crippen LogP contribution in [0.25, 0.3) is 0 Å². The van der Waals surface area contributed by atoms with Gasteiger partial charge >= 0.3 is 0 Å². The van der Waals surface area contributed by atoms with E-state index in [1.165, 1.54) is 16.7 Å². The summed E-state index contributed by atoms with van der Waals surface area (Å²) in [5, 5.41) is 3.69. The molecule has 0 saturated heterocycles. The molecular formula is C18H23N3S. The van der Waals surface area contributed by atoms with E-state index >= 15 is 0 Å². The number of allylic oxidation sites excluding steroid dienone is 4. The first-order valence-electron chi connectivity index (χ1n) is 7.39. The summed E-state index contributed by atoms with van der Waals surface area (Å²) in [4.78, 5) is 0.